The zero-order valence-corrected chi connectivity index (χ0v) is 18.9. The highest BCUT2D eigenvalue weighted by molar-refractivity contribution is 9.10. The lowest BCUT2D eigenvalue weighted by Gasteiger charge is -2.32. The molecule has 0 atom stereocenters. The number of carbonyl (C=O) groups is 1. The summed E-state index contributed by atoms with van der Waals surface area (Å²) >= 11 is 3.29. The van der Waals surface area contributed by atoms with Gasteiger partial charge in [0.2, 0.25) is 5.91 Å². The van der Waals surface area contributed by atoms with E-state index < -0.39 is 6.43 Å². The first-order chi connectivity index (χ1) is 13.8. The van der Waals surface area contributed by atoms with E-state index in [9.17, 15) is 13.6 Å². The van der Waals surface area contributed by atoms with Gasteiger partial charge in [-0.1, -0.05) is 22.9 Å². The van der Waals surface area contributed by atoms with Crippen LogP contribution in [0.4, 0.5) is 20.3 Å². The van der Waals surface area contributed by atoms with Crippen LogP contribution in [-0.4, -0.2) is 33.7 Å². The molecule has 1 aromatic heterocycles. The van der Waals surface area contributed by atoms with E-state index >= 15 is 0 Å². The van der Waals surface area contributed by atoms with Crippen molar-refractivity contribution in [3.05, 3.63) is 39.0 Å². The Labute approximate surface area is 178 Å². The maximum Gasteiger partial charge on any atom is 0.265 e. The van der Waals surface area contributed by atoms with Gasteiger partial charge in [0.05, 0.1) is 6.54 Å². The van der Waals surface area contributed by atoms with Gasteiger partial charge in [0.25, 0.3) is 6.43 Å². The first-order valence-corrected chi connectivity index (χ1v) is 10.8. The molecule has 1 amide bonds. The number of alkyl halides is 2. The average molecular weight is 469 g/mol. The molecule has 0 fully saturated rings. The number of halogens is 3. The number of fused-ring (bicyclic) bond motifs is 1. The van der Waals surface area contributed by atoms with Crippen molar-refractivity contribution < 1.29 is 13.6 Å². The Kier molecular flexibility index (Phi) is 6.61. The molecule has 0 aliphatic carbocycles. The van der Waals surface area contributed by atoms with E-state index in [2.05, 4.69) is 15.9 Å². The molecular formula is C21H27BrF2N4O. The molecule has 0 N–H and O–H groups in total. The van der Waals surface area contributed by atoms with Gasteiger partial charge >= 0.3 is 0 Å². The van der Waals surface area contributed by atoms with Crippen LogP contribution in [0.5, 0.6) is 0 Å². The van der Waals surface area contributed by atoms with E-state index in [-0.39, 0.29) is 11.5 Å². The molecular weight excluding hydrogens is 442 g/mol. The zero-order chi connectivity index (χ0) is 21.3. The smallest absolute Gasteiger partial charge is 0.265 e. The molecule has 8 heteroatoms. The number of aryl methyl sites for hydroxylation is 2. The number of nitrogens with zero attached hydrogens (tertiary/aromatic N) is 4. The van der Waals surface area contributed by atoms with Crippen molar-refractivity contribution in [2.45, 2.75) is 53.0 Å². The molecule has 1 aliphatic heterocycles. The molecule has 1 aromatic carbocycles. The summed E-state index contributed by atoms with van der Waals surface area (Å²) in [5.74, 6) is 0.834. The largest absolute Gasteiger partial charge is 0.338 e. The van der Waals surface area contributed by atoms with Gasteiger partial charge in [0, 0.05) is 53.5 Å². The molecule has 0 spiro atoms. The second kappa shape index (κ2) is 8.81. The predicted octanol–water partition coefficient (Wildman–Crippen LogP) is 5.27. The number of hydrogen-bond donors (Lipinski definition) is 0. The van der Waals surface area contributed by atoms with Gasteiger partial charge in [-0.3, -0.25) is 9.48 Å². The summed E-state index contributed by atoms with van der Waals surface area (Å²) in [5.41, 5.74) is 3.73. The molecule has 2 aromatic rings. The molecule has 0 radical (unpaired) electrons. The minimum Gasteiger partial charge on any atom is -0.338 e. The average Bonchev–Trinajstić information content (AvgIpc) is 2.98. The number of carbonyl (C=O) groups excluding carboxylic acids is 1. The molecule has 2 heterocycles. The Morgan fingerprint density at radius 2 is 2.07 bits per heavy atom. The third-order valence-electron chi connectivity index (χ3n) is 5.63. The molecule has 0 unspecified atom stereocenters. The molecule has 158 valence electrons. The summed E-state index contributed by atoms with van der Waals surface area (Å²) in [6, 6.07) is 3.38. The Morgan fingerprint density at radius 1 is 1.34 bits per heavy atom. The maximum absolute atomic E-state index is 13.5. The summed E-state index contributed by atoms with van der Waals surface area (Å²) in [6.45, 7) is 7.57. The lowest BCUT2D eigenvalue weighted by Crippen LogP contribution is -2.31. The van der Waals surface area contributed by atoms with Crippen molar-refractivity contribution in [1.82, 2.24) is 14.7 Å². The Morgan fingerprint density at radius 3 is 2.69 bits per heavy atom. The standard InChI is InChI=1S/C21H27BrF2N4O/c1-5-19(29)27(6-2)12-16-13(3)26(4)25-21(16)28-9-7-8-14-10-17(22)15(20(23)24)11-18(14)28/h10-11,20H,5-9,12H2,1-4H3. The highest BCUT2D eigenvalue weighted by atomic mass is 79.9. The summed E-state index contributed by atoms with van der Waals surface area (Å²) < 4.78 is 29.3. The van der Waals surface area contributed by atoms with Crippen molar-refractivity contribution in [1.29, 1.82) is 0 Å². The Balaban J connectivity index is 2.08. The predicted molar refractivity (Wildman–Crippen MR) is 114 cm³/mol. The van der Waals surface area contributed by atoms with Crippen LogP contribution in [0.15, 0.2) is 16.6 Å². The van der Waals surface area contributed by atoms with Gasteiger partial charge < -0.3 is 9.80 Å². The molecule has 29 heavy (non-hydrogen) atoms. The topological polar surface area (TPSA) is 41.4 Å². The van der Waals surface area contributed by atoms with Crippen LogP contribution in [0.1, 0.15) is 55.5 Å². The van der Waals surface area contributed by atoms with E-state index in [4.69, 9.17) is 5.10 Å². The van der Waals surface area contributed by atoms with E-state index in [1.54, 1.807) is 16.8 Å². The van der Waals surface area contributed by atoms with E-state index in [0.29, 0.717) is 30.5 Å². The minimum atomic E-state index is -2.55. The number of hydrogen-bond acceptors (Lipinski definition) is 3. The number of rotatable bonds is 6. The van der Waals surface area contributed by atoms with Crippen LogP contribution in [0.3, 0.4) is 0 Å². The SMILES string of the molecule is CCC(=O)N(CC)Cc1c(N2CCCc3cc(Br)c(C(F)F)cc32)nn(C)c1C. The fourth-order valence-electron chi connectivity index (χ4n) is 3.83. The van der Waals surface area contributed by atoms with Gasteiger partial charge in [-0.2, -0.15) is 5.10 Å². The first kappa shape index (κ1) is 21.7. The van der Waals surface area contributed by atoms with Crippen LogP contribution in [0.2, 0.25) is 0 Å². The van der Waals surface area contributed by atoms with E-state index in [1.807, 2.05) is 37.6 Å². The summed E-state index contributed by atoms with van der Waals surface area (Å²) in [4.78, 5) is 16.1. The first-order valence-electron chi connectivity index (χ1n) is 9.96. The van der Waals surface area contributed by atoms with Crippen molar-refractivity contribution in [3.63, 3.8) is 0 Å². The molecule has 5 nitrogen and oxygen atoms in total. The zero-order valence-electron chi connectivity index (χ0n) is 17.3. The Bertz CT molecular complexity index is 913. The molecule has 0 saturated heterocycles. The van der Waals surface area contributed by atoms with Crippen LogP contribution in [0.25, 0.3) is 0 Å². The highest BCUT2D eigenvalue weighted by Gasteiger charge is 2.28. The fraction of sp³-hybridized carbons (Fsp3) is 0.524. The highest BCUT2D eigenvalue weighted by Crippen LogP contribution is 2.40. The maximum atomic E-state index is 13.5. The van der Waals surface area contributed by atoms with Gasteiger partial charge in [0.1, 0.15) is 0 Å². The van der Waals surface area contributed by atoms with E-state index in [1.165, 1.54) is 0 Å². The summed E-state index contributed by atoms with van der Waals surface area (Å²) in [6.07, 6.45) is -0.361. The van der Waals surface area contributed by atoms with Crippen LogP contribution >= 0.6 is 15.9 Å². The van der Waals surface area contributed by atoms with Crippen molar-refractivity contribution >= 4 is 33.3 Å². The van der Waals surface area contributed by atoms with Gasteiger partial charge in [-0.05, 0) is 44.4 Å². The number of aromatic nitrogens is 2. The van der Waals surface area contributed by atoms with Crippen molar-refractivity contribution in [2.75, 3.05) is 18.0 Å². The second-order valence-electron chi connectivity index (χ2n) is 7.33. The van der Waals surface area contributed by atoms with E-state index in [0.717, 1.165) is 41.2 Å². The van der Waals surface area contributed by atoms with Gasteiger partial charge in [-0.15, -0.1) is 0 Å². The third kappa shape index (κ3) is 4.17. The van der Waals surface area contributed by atoms with Crippen LogP contribution < -0.4 is 4.90 Å². The number of amides is 1. The van der Waals surface area contributed by atoms with Crippen LogP contribution in [0, 0.1) is 6.92 Å². The Hall–Kier alpha value is -1.96. The van der Waals surface area contributed by atoms with Crippen LogP contribution in [-0.2, 0) is 24.8 Å². The lowest BCUT2D eigenvalue weighted by atomic mass is 9.99. The molecule has 3 rings (SSSR count). The summed E-state index contributed by atoms with van der Waals surface area (Å²) in [5, 5.41) is 4.71. The number of anilines is 2. The molecule has 0 bridgehead atoms. The normalized spacial score (nSPS) is 13.7. The number of benzene rings is 1. The quantitative estimate of drug-likeness (QED) is 0.579. The second-order valence-corrected chi connectivity index (χ2v) is 8.19. The summed E-state index contributed by atoms with van der Waals surface area (Å²) in [7, 11) is 1.87. The van der Waals surface area contributed by atoms with Gasteiger partial charge in [0.15, 0.2) is 5.82 Å². The fourth-order valence-corrected chi connectivity index (χ4v) is 4.40. The molecule has 1 aliphatic rings. The monoisotopic (exact) mass is 468 g/mol. The third-order valence-corrected chi connectivity index (χ3v) is 6.32. The lowest BCUT2D eigenvalue weighted by molar-refractivity contribution is -0.131. The van der Waals surface area contributed by atoms with Crippen molar-refractivity contribution in [3.8, 4) is 0 Å². The minimum absolute atomic E-state index is 0.0128. The van der Waals surface area contributed by atoms with Crippen molar-refractivity contribution in [2.24, 2.45) is 7.05 Å². The molecule has 0 saturated carbocycles. The van der Waals surface area contributed by atoms with Gasteiger partial charge in [-0.25, -0.2) is 8.78 Å².